The molecule has 1 aromatic rings. The molecular formula is C16H28N4. The van der Waals surface area contributed by atoms with E-state index in [1.54, 1.807) is 0 Å². The molecule has 1 N–H and O–H groups in total. The van der Waals surface area contributed by atoms with Gasteiger partial charge in [0.1, 0.15) is 5.82 Å². The molecule has 0 amide bonds. The molecule has 1 fully saturated rings. The van der Waals surface area contributed by atoms with Gasteiger partial charge in [-0.15, -0.1) is 0 Å². The molecule has 0 saturated heterocycles. The van der Waals surface area contributed by atoms with Crippen LogP contribution in [-0.4, -0.2) is 28.6 Å². The minimum absolute atomic E-state index is 0.106. The van der Waals surface area contributed by atoms with Crippen LogP contribution in [-0.2, 0) is 6.54 Å². The van der Waals surface area contributed by atoms with Crippen LogP contribution in [0.2, 0.25) is 0 Å². The Labute approximate surface area is 123 Å². The summed E-state index contributed by atoms with van der Waals surface area (Å²) in [7, 11) is 0. The van der Waals surface area contributed by atoms with Crippen molar-refractivity contribution in [1.29, 1.82) is 0 Å². The minimum Gasteiger partial charge on any atom is -0.355 e. The zero-order valence-corrected chi connectivity index (χ0v) is 13.3. The van der Waals surface area contributed by atoms with E-state index in [2.05, 4.69) is 42.9 Å². The fourth-order valence-electron chi connectivity index (χ4n) is 2.17. The lowest BCUT2D eigenvalue weighted by atomic mass is 10.1. The molecule has 1 saturated carbocycles. The standard InChI is InChI=1S/C16H28N4/c1-5-8-20(12-13-6-7-13)15-11-17-9-14(19-15)10-18-16(2,3)4/h9,11,13,18H,5-8,10,12H2,1-4H3. The summed E-state index contributed by atoms with van der Waals surface area (Å²) in [6, 6.07) is 0. The van der Waals surface area contributed by atoms with E-state index in [9.17, 15) is 0 Å². The van der Waals surface area contributed by atoms with Crippen molar-refractivity contribution in [3.05, 3.63) is 18.1 Å². The summed E-state index contributed by atoms with van der Waals surface area (Å²) < 4.78 is 0. The van der Waals surface area contributed by atoms with Crippen LogP contribution < -0.4 is 10.2 Å². The molecule has 1 aliphatic carbocycles. The molecule has 1 aromatic heterocycles. The lowest BCUT2D eigenvalue weighted by Crippen LogP contribution is -2.35. The van der Waals surface area contributed by atoms with Crippen molar-refractivity contribution in [3.63, 3.8) is 0 Å². The molecule has 1 aliphatic rings. The molecule has 0 atom stereocenters. The summed E-state index contributed by atoms with van der Waals surface area (Å²) >= 11 is 0. The van der Waals surface area contributed by atoms with Crippen LogP contribution in [0.15, 0.2) is 12.4 Å². The maximum Gasteiger partial charge on any atom is 0.147 e. The van der Waals surface area contributed by atoms with Crippen molar-refractivity contribution >= 4 is 5.82 Å². The zero-order valence-electron chi connectivity index (χ0n) is 13.3. The minimum atomic E-state index is 0.106. The zero-order chi connectivity index (χ0) is 14.6. The highest BCUT2D eigenvalue weighted by atomic mass is 15.2. The number of anilines is 1. The average molecular weight is 276 g/mol. The van der Waals surface area contributed by atoms with Crippen LogP contribution in [0.5, 0.6) is 0 Å². The number of hydrogen-bond acceptors (Lipinski definition) is 4. The molecule has 2 rings (SSSR count). The first-order valence-electron chi connectivity index (χ1n) is 7.79. The summed E-state index contributed by atoms with van der Waals surface area (Å²) in [6.45, 7) is 11.7. The summed E-state index contributed by atoms with van der Waals surface area (Å²) in [5, 5.41) is 3.47. The Bertz CT molecular complexity index is 421. The van der Waals surface area contributed by atoms with Crippen LogP contribution in [0, 0.1) is 5.92 Å². The molecule has 0 aromatic carbocycles. The third-order valence-corrected chi connectivity index (χ3v) is 3.46. The van der Waals surface area contributed by atoms with Crippen molar-refractivity contribution in [3.8, 4) is 0 Å². The van der Waals surface area contributed by atoms with Gasteiger partial charge in [-0.2, -0.15) is 0 Å². The second-order valence-electron chi connectivity index (χ2n) is 6.86. The Hall–Kier alpha value is -1.16. The summed E-state index contributed by atoms with van der Waals surface area (Å²) in [5.41, 5.74) is 1.13. The van der Waals surface area contributed by atoms with Gasteiger partial charge >= 0.3 is 0 Å². The summed E-state index contributed by atoms with van der Waals surface area (Å²) in [5.74, 6) is 1.91. The van der Waals surface area contributed by atoms with Gasteiger partial charge in [0.15, 0.2) is 0 Å². The second-order valence-corrected chi connectivity index (χ2v) is 6.86. The Morgan fingerprint density at radius 3 is 2.65 bits per heavy atom. The molecule has 0 aliphatic heterocycles. The Kier molecular flexibility index (Phi) is 4.97. The van der Waals surface area contributed by atoms with Crippen LogP contribution in [0.3, 0.4) is 0 Å². The number of nitrogens with zero attached hydrogens (tertiary/aromatic N) is 3. The third kappa shape index (κ3) is 5.08. The van der Waals surface area contributed by atoms with E-state index in [4.69, 9.17) is 4.98 Å². The normalized spacial score (nSPS) is 15.4. The van der Waals surface area contributed by atoms with Crippen LogP contribution >= 0.6 is 0 Å². The Balaban J connectivity index is 2.01. The highest BCUT2D eigenvalue weighted by Crippen LogP contribution is 2.31. The highest BCUT2D eigenvalue weighted by Gasteiger charge is 2.24. The van der Waals surface area contributed by atoms with Gasteiger partial charge < -0.3 is 10.2 Å². The van der Waals surface area contributed by atoms with Gasteiger partial charge in [0.25, 0.3) is 0 Å². The maximum atomic E-state index is 4.78. The van der Waals surface area contributed by atoms with E-state index in [-0.39, 0.29) is 5.54 Å². The predicted octanol–water partition coefficient (Wildman–Crippen LogP) is 2.99. The van der Waals surface area contributed by atoms with Gasteiger partial charge in [0, 0.05) is 31.4 Å². The van der Waals surface area contributed by atoms with E-state index >= 15 is 0 Å². The van der Waals surface area contributed by atoms with Crippen molar-refractivity contribution in [2.24, 2.45) is 5.92 Å². The van der Waals surface area contributed by atoms with E-state index in [1.807, 2.05) is 12.4 Å². The number of aromatic nitrogens is 2. The van der Waals surface area contributed by atoms with E-state index in [0.29, 0.717) is 0 Å². The average Bonchev–Trinajstić information content (AvgIpc) is 3.19. The van der Waals surface area contributed by atoms with Crippen LogP contribution in [0.25, 0.3) is 0 Å². The molecule has 0 unspecified atom stereocenters. The highest BCUT2D eigenvalue weighted by molar-refractivity contribution is 5.36. The van der Waals surface area contributed by atoms with Gasteiger partial charge in [0.2, 0.25) is 0 Å². The smallest absolute Gasteiger partial charge is 0.147 e. The van der Waals surface area contributed by atoms with Gasteiger partial charge in [-0.1, -0.05) is 6.92 Å². The lowest BCUT2D eigenvalue weighted by Gasteiger charge is -2.24. The first-order chi connectivity index (χ1) is 9.48. The maximum absolute atomic E-state index is 4.78. The van der Waals surface area contributed by atoms with Crippen LogP contribution in [0.1, 0.15) is 52.7 Å². The monoisotopic (exact) mass is 276 g/mol. The van der Waals surface area contributed by atoms with Crippen molar-refractivity contribution < 1.29 is 0 Å². The fourth-order valence-corrected chi connectivity index (χ4v) is 2.17. The molecule has 4 heteroatoms. The predicted molar refractivity (Wildman–Crippen MR) is 83.9 cm³/mol. The molecule has 0 radical (unpaired) electrons. The summed E-state index contributed by atoms with van der Waals surface area (Å²) in [6.07, 6.45) is 7.67. The Morgan fingerprint density at radius 1 is 1.30 bits per heavy atom. The second kappa shape index (κ2) is 6.53. The molecule has 112 valence electrons. The SMILES string of the molecule is CCCN(CC1CC1)c1cncc(CNC(C)(C)C)n1. The molecule has 0 spiro atoms. The van der Waals surface area contributed by atoms with E-state index in [1.165, 1.54) is 12.8 Å². The van der Waals surface area contributed by atoms with Crippen molar-refractivity contribution in [1.82, 2.24) is 15.3 Å². The van der Waals surface area contributed by atoms with Gasteiger partial charge in [-0.25, -0.2) is 4.98 Å². The lowest BCUT2D eigenvalue weighted by molar-refractivity contribution is 0.421. The Morgan fingerprint density at radius 2 is 2.05 bits per heavy atom. The molecule has 4 nitrogen and oxygen atoms in total. The molecule has 20 heavy (non-hydrogen) atoms. The van der Waals surface area contributed by atoms with Crippen molar-refractivity contribution in [2.45, 2.75) is 59.0 Å². The summed E-state index contributed by atoms with van der Waals surface area (Å²) in [4.78, 5) is 11.5. The van der Waals surface area contributed by atoms with Gasteiger partial charge in [-0.05, 0) is 46.0 Å². The quantitative estimate of drug-likeness (QED) is 0.831. The largest absolute Gasteiger partial charge is 0.355 e. The third-order valence-electron chi connectivity index (χ3n) is 3.46. The number of nitrogens with one attached hydrogen (secondary N) is 1. The van der Waals surface area contributed by atoms with Gasteiger partial charge in [-0.3, -0.25) is 4.98 Å². The molecular weight excluding hydrogens is 248 g/mol. The first-order valence-corrected chi connectivity index (χ1v) is 7.79. The van der Waals surface area contributed by atoms with E-state index in [0.717, 1.165) is 43.5 Å². The first kappa shape index (κ1) is 15.2. The van der Waals surface area contributed by atoms with Crippen LogP contribution in [0.4, 0.5) is 5.82 Å². The van der Waals surface area contributed by atoms with Gasteiger partial charge in [0.05, 0.1) is 11.9 Å². The molecule has 0 bridgehead atoms. The number of hydrogen-bond donors (Lipinski definition) is 1. The topological polar surface area (TPSA) is 41.1 Å². The fraction of sp³-hybridized carbons (Fsp3) is 0.750. The van der Waals surface area contributed by atoms with E-state index < -0.39 is 0 Å². The van der Waals surface area contributed by atoms with Crippen molar-refractivity contribution in [2.75, 3.05) is 18.0 Å². The molecule has 1 heterocycles. The number of rotatable bonds is 7.